The zero-order valence-corrected chi connectivity index (χ0v) is 20.2. The molecule has 0 saturated heterocycles. The molecule has 2 rings (SSSR count). The quantitative estimate of drug-likeness (QED) is 0.125. The van der Waals surface area contributed by atoms with Crippen LogP contribution in [0.3, 0.4) is 0 Å². The number of ether oxygens (including phenoxy) is 2. The summed E-state index contributed by atoms with van der Waals surface area (Å²) in [7, 11) is 0. The van der Waals surface area contributed by atoms with Gasteiger partial charge in [-0.15, -0.1) is 0 Å². The highest BCUT2D eigenvalue weighted by Gasteiger charge is 2.10. The lowest BCUT2D eigenvalue weighted by molar-refractivity contribution is 0.0734. The third-order valence-electron chi connectivity index (χ3n) is 5.44. The van der Waals surface area contributed by atoms with E-state index < -0.39 is 5.97 Å². The Balaban J connectivity index is 1.73. The number of unbranched alkanes of at least 4 members (excludes halogenated alkanes) is 8. The van der Waals surface area contributed by atoms with Crippen LogP contribution in [0.15, 0.2) is 47.5 Å². The number of aromatic hydroxyl groups is 1. The molecule has 0 bridgehead atoms. The third-order valence-corrected chi connectivity index (χ3v) is 5.44. The van der Waals surface area contributed by atoms with Gasteiger partial charge in [-0.25, -0.2) is 4.79 Å². The van der Waals surface area contributed by atoms with Crippen LogP contribution in [-0.4, -0.2) is 30.4 Å². The highest BCUT2D eigenvalue weighted by molar-refractivity contribution is 5.91. The molecule has 0 amide bonds. The van der Waals surface area contributed by atoms with Crippen molar-refractivity contribution >= 4 is 12.2 Å². The Labute approximate surface area is 198 Å². The Kier molecular flexibility index (Phi) is 12.7. The number of hydrogen-bond donors (Lipinski definition) is 1. The summed E-state index contributed by atoms with van der Waals surface area (Å²) in [6, 6.07) is 11.7. The first kappa shape index (κ1) is 26.4. The van der Waals surface area contributed by atoms with Crippen LogP contribution in [0.1, 0.15) is 94.0 Å². The second-order valence-corrected chi connectivity index (χ2v) is 8.35. The summed E-state index contributed by atoms with van der Waals surface area (Å²) in [5.74, 6) is 0.593. The van der Waals surface area contributed by atoms with Crippen molar-refractivity contribution in [3.05, 3.63) is 53.6 Å². The van der Waals surface area contributed by atoms with Crippen molar-refractivity contribution in [2.75, 3.05) is 13.2 Å². The van der Waals surface area contributed by atoms with Crippen LogP contribution in [0.2, 0.25) is 0 Å². The first-order chi connectivity index (χ1) is 16.1. The summed E-state index contributed by atoms with van der Waals surface area (Å²) in [5, 5.41) is 10.2. The number of rotatable bonds is 16. The molecule has 180 valence electrons. The highest BCUT2D eigenvalue weighted by atomic mass is 16.5. The number of aliphatic imine (C=N–C) groups is 1. The average Bonchev–Trinajstić information content (AvgIpc) is 2.82. The van der Waals surface area contributed by atoms with Crippen LogP contribution >= 0.6 is 0 Å². The third kappa shape index (κ3) is 10.6. The van der Waals surface area contributed by atoms with Gasteiger partial charge < -0.3 is 14.6 Å². The van der Waals surface area contributed by atoms with E-state index in [-0.39, 0.29) is 5.75 Å². The van der Waals surface area contributed by atoms with E-state index in [1.807, 2.05) is 0 Å². The molecule has 5 nitrogen and oxygen atoms in total. The first-order valence-electron chi connectivity index (χ1n) is 12.4. The van der Waals surface area contributed by atoms with Crippen molar-refractivity contribution in [1.29, 1.82) is 0 Å². The van der Waals surface area contributed by atoms with Gasteiger partial charge in [0, 0.05) is 24.4 Å². The van der Waals surface area contributed by atoms with Crippen molar-refractivity contribution in [2.24, 2.45) is 4.99 Å². The fourth-order valence-corrected chi connectivity index (χ4v) is 3.39. The van der Waals surface area contributed by atoms with Gasteiger partial charge in [0.1, 0.15) is 17.2 Å². The van der Waals surface area contributed by atoms with Crippen LogP contribution in [-0.2, 0) is 0 Å². The van der Waals surface area contributed by atoms with Crippen LogP contribution in [0.5, 0.6) is 17.2 Å². The number of hydrogen-bond acceptors (Lipinski definition) is 5. The van der Waals surface area contributed by atoms with E-state index in [2.05, 4.69) is 18.8 Å². The molecule has 0 aromatic heterocycles. The minimum absolute atomic E-state index is 0.0326. The Hall–Kier alpha value is -2.82. The largest absolute Gasteiger partial charge is 0.507 e. The molecule has 0 aliphatic heterocycles. The van der Waals surface area contributed by atoms with Crippen LogP contribution < -0.4 is 9.47 Å². The maximum atomic E-state index is 12.4. The molecule has 33 heavy (non-hydrogen) atoms. The van der Waals surface area contributed by atoms with Crippen molar-refractivity contribution in [3.63, 3.8) is 0 Å². The monoisotopic (exact) mass is 453 g/mol. The topological polar surface area (TPSA) is 68.1 Å². The van der Waals surface area contributed by atoms with E-state index in [1.165, 1.54) is 51.0 Å². The SMILES string of the molecule is CCCCCCCCCCOc1ccc(C(=O)Oc2ccc(C=NCCCC)c(O)c2)cc1. The van der Waals surface area contributed by atoms with E-state index in [9.17, 15) is 9.90 Å². The fraction of sp³-hybridized carbons (Fsp3) is 0.500. The van der Waals surface area contributed by atoms with Crippen LogP contribution in [0.4, 0.5) is 0 Å². The summed E-state index contributed by atoms with van der Waals surface area (Å²) in [4.78, 5) is 16.7. The molecular formula is C28H39NO4. The summed E-state index contributed by atoms with van der Waals surface area (Å²) >= 11 is 0. The summed E-state index contributed by atoms with van der Waals surface area (Å²) < 4.78 is 11.2. The van der Waals surface area contributed by atoms with E-state index in [0.717, 1.165) is 31.6 Å². The number of benzene rings is 2. The van der Waals surface area contributed by atoms with Crippen LogP contribution in [0, 0.1) is 0 Å². The second-order valence-electron chi connectivity index (χ2n) is 8.35. The van der Waals surface area contributed by atoms with Crippen molar-refractivity contribution in [2.45, 2.75) is 78.1 Å². The van der Waals surface area contributed by atoms with Gasteiger partial charge in [-0.1, -0.05) is 65.2 Å². The van der Waals surface area contributed by atoms with E-state index >= 15 is 0 Å². The van der Waals surface area contributed by atoms with Gasteiger partial charge in [-0.3, -0.25) is 4.99 Å². The van der Waals surface area contributed by atoms with Crippen molar-refractivity contribution in [1.82, 2.24) is 0 Å². The Morgan fingerprint density at radius 1 is 0.848 bits per heavy atom. The standard InChI is InChI=1S/C28H39NO4/c1-3-5-7-8-9-10-11-12-20-32-25-16-13-23(14-17-25)28(31)33-26-18-15-24(27(30)21-26)22-29-19-6-4-2/h13-18,21-22,30H,3-12,19-20H2,1-2H3. The zero-order chi connectivity index (χ0) is 23.7. The molecule has 2 aromatic rings. The van der Waals surface area contributed by atoms with Gasteiger partial charge in [0.2, 0.25) is 0 Å². The number of carbonyl (C=O) groups excluding carboxylic acids is 1. The van der Waals surface area contributed by atoms with Gasteiger partial charge in [0.25, 0.3) is 0 Å². The normalized spacial score (nSPS) is 11.1. The highest BCUT2D eigenvalue weighted by Crippen LogP contribution is 2.23. The average molecular weight is 454 g/mol. The van der Waals surface area contributed by atoms with Gasteiger partial charge in [-0.2, -0.15) is 0 Å². The van der Waals surface area contributed by atoms with Crippen molar-refractivity contribution < 1.29 is 19.4 Å². The van der Waals surface area contributed by atoms with E-state index in [1.54, 1.807) is 42.6 Å². The molecule has 0 aliphatic rings. The molecule has 0 heterocycles. The predicted octanol–water partition coefficient (Wildman–Crippen LogP) is 7.35. The van der Waals surface area contributed by atoms with Gasteiger partial charge in [0.05, 0.1) is 12.2 Å². The fourth-order valence-electron chi connectivity index (χ4n) is 3.39. The number of esters is 1. The number of nitrogens with zero attached hydrogens (tertiary/aromatic N) is 1. The Morgan fingerprint density at radius 2 is 1.48 bits per heavy atom. The molecule has 0 aliphatic carbocycles. The minimum Gasteiger partial charge on any atom is -0.507 e. The zero-order valence-electron chi connectivity index (χ0n) is 20.2. The summed E-state index contributed by atoms with van der Waals surface area (Å²) in [6.45, 7) is 5.76. The molecule has 5 heteroatoms. The lowest BCUT2D eigenvalue weighted by Gasteiger charge is -2.08. The predicted molar refractivity (Wildman–Crippen MR) is 135 cm³/mol. The molecule has 0 fully saturated rings. The van der Waals surface area contributed by atoms with E-state index in [4.69, 9.17) is 9.47 Å². The lowest BCUT2D eigenvalue weighted by Crippen LogP contribution is -2.08. The molecule has 1 N–H and O–H groups in total. The van der Waals surface area contributed by atoms with E-state index in [0.29, 0.717) is 23.5 Å². The minimum atomic E-state index is -0.478. The summed E-state index contributed by atoms with van der Waals surface area (Å²) in [5.41, 5.74) is 1.03. The maximum absolute atomic E-state index is 12.4. The molecule has 0 atom stereocenters. The molecule has 0 saturated carbocycles. The first-order valence-corrected chi connectivity index (χ1v) is 12.4. The number of phenolic OH excluding ortho intramolecular Hbond substituents is 1. The van der Waals surface area contributed by atoms with Crippen LogP contribution in [0.25, 0.3) is 0 Å². The van der Waals surface area contributed by atoms with Gasteiger partial charge >= 0.3 is 5.97 Å². The Bertz CT molecular complexity index is 845. The van der Waals surface area contributed by atoms with Gasteiger partial charge in [0.15, 0.2) is 0 Å². The Morgan fingerprint density at radius 3 is 2.15 bits per heavy atom. The molecule has 0 spiro atoms. The second kappa shape index (κ2) is 15.9. The summed E-state index contributed by atoms with van der Waals surface area (Å²) in [6.07, 6.45) is 13.8. The van der Waals surface area contributed by atoms with Gasteiger partial charge in [-0.05, 0) is 49.2 Å². The number of phenols is 1. The van der Waals surface area contributed by atoms with Crippen molar-refractivity contribution in [3.8, 4) is 17.2 Å². The lowest BCUT2D eigenvalue weighted by atomic mass is 10.1. The molecule has 0 radical (unpaired) electrons. The smallest absolute Gasteiger partial charge is 0.343 e. The molecular weight excluding hydrogens is 414 g/mol. The molecule has 2 aromatic carbocycles. The number of carbonyl (C=O) groups is 1. The maximum Gasteiger partial charge on any atom is 0.343 e. The molecule has 0 unspecified atom stereocenters.